The van der Waals surface area contributed by atoms with Gasteiger partial charge in [-0.1, -0.05) is 0 Å². The van der Waals surface area contributed by atoms with E-state index in [2.05, 4.69) is 4.90 Å². The van der Waals surface area contributed by atoms with Gasteiger partial charge in [-0.2, -0.15) is 0 Å². The number of hydrogen-bond acceptors (Lipinski definition) is 2. The number of carbonyl (C=O) groups excluding carboxylic acids is 1. The summed E-state index contributed by atoms with van der Waals surface area (Å²) in [5, 5.41) is 0. The summed E-state index contributed by atoms with van der Waals surface area (Å²) >= 11 is 0. The molecule has 2 nitrogen and oxygen atoms in total. The minimum Gasteiger partial charge on any atom is -0.303 e. The molecule has 0 aromatic heterocycles. The Balaban J connectivity index is 1.70. The monoisotopic (exact) mass is 233 g/mol. The molecule has 4 bridgehead atoms. The lowest BCUT2D eigenvalue weighted by atomic mass is 9.47. The van der Waals surface area contributed by atoms with Gasteiger partial charge in [0, 0.05) is 11.5 Å². The van der Waals surface area contributed by atoms with Crippen molar-refractivity contribution in [3.63, 3.8) is 0 Å². The molecule has 5 aliphatic rings. The van der Waals surface area contributed by atoms with Crippen LogP contribution in [0, 0.1) is 23.2 Å². The van der Waals surface area contributed by atoms with Crippen molar-refractivity contribution in [2.45, 2.75) is 51.0 Å². The second-order valence-corrected chi connectivity index (χ2v) is 7.15. The molecule has 0 amide bonds. The molecule has 1 saturated heterocycles. The zero-order valence-corrected chi connectivity index (χ0v) is 10.6. The topological polar surface area (TPSA) is 20.3 Å². The third-order valence-electron chi connectivity index (χ3n) is 6.08. The van der Waals surface area contributed by atoms with E-state index in [1.807, 2.05) is 0 Å². The van der Waals surface area contributed by atoms with Crippen LogP contribution in [0.3, 0.4) is 0 Å². The Morgan fingerprint density at radius 1 is 1.00 bits per heavy atom. The molecular formula is C15H23NO. The van der Waals surface area contributed by atoms with Crippen LogP contribution in [-0.2, 0) is 4.79 Å². The Labute approximate surface area is 104 Å². The summed E-state index contributed by atoms with van der Waals surface area (Å²) in [5.41, 5.74) is 0.0685. The Morgan fingerprint density at radius 2 is 1.65 bits per heavy atom. The van der Waals surface area contributed by atoms with Crippen LogP contribution in [0.2, 0.25) is 0 Å². The quantitative estimate of drug-likeness (QED) is 0.683. The van der Waals surface area contributed by atoms with Gasteiger partial charge in [0.15, 0.2) is 0 Å². The Hall–Kier alpha value is -0.370. The van der Waals surface area contributed by atoms with E-state index in [9.17, 15) is 4.79 Å². The first-order chi connectivity index (χ1) is 8.31. The lowest BCUT2D eigenvalue weighted by Gasteiger charge is -2.61. The van der Waals surface area contributed by atoms with E-state index in [1.54, 1.807) is 0 Å². The maximum atomic E-state index is 11.8. The van der Waals surface area contributed by atoms with Crippen molar-refractivity contribution in [1.82, 2.24) is 4.90 Å². The van der Waals surface area contributed by atoms with Gasteiger partial charge in [0.1, 0.15) is 6.29 Å². The maximum Gasteiger partial charge on any atom is 0.127 e. The van der Waals surface area contributed by atoms with Crippen molar-refractivity contribution in [1.29, 1.82) is 0 Å². The van der Waals surface area contributed by atoms with Gasteiger partial charge in [-0.3, -0.25) is 4.90 Å². The Bertz CT molecular complexity index is 320. The molecular weight excluding hydrogens is 210 g/mol. The van der Waals surface area contributed by atoms with E-state index in [0.717, 1.165) is 17.8 Å². The molecule has 94 valence electrons. The summed E-state index contributed by atoms with van der Waals surface area (Å²) in [5.74, 6) is 2.62. The molecule has 0 radical (unpaired) electrons. The summed E-state index contributed by atoms with van der Waals surface area (Å²) in [6.45, 7) is 2.51. The Morgan fingerprint density at radius 3 is 2.24 bits per heavy atom. The van der Waals surface area contributed by atoms with E-state index < -0.39 is 0 Å². The average molecular weight is 233 g/mol. The largest absolute Gasteiger partial charge is 0.303 e. The molecule has 3 unspecified atom stereocenters. The summed E-state index contributed by atoms with van der Waals surface area (Å²) in [6.07, 6.45) is 10.8. The highest BCUT2D eigenvalue weighted by atomic mass is 16.1. The minimum atomic E-state index is 0.0685. The maximum absolute atomic E-state index is 11.8. The molecule has 0 aromatic carbocycles. The van der Waals surface area contributed by atoms with Gasteiger partial charge >= 0.3 is 0 Å². The smallest absolute Gasteiger partial charge is 0.127 e. The lowest BCUT2D eigenvalue weighted by Crippen LogP contribution is -2.62. The molecule has 2 heteroatoms. The lowest BCUT2D eigenvalue weighted by molar-refractivity contribution is -0.148. The van der Waals surface area contributed by atoms with Gasteiger partial charge < -0.3 is 4.79 Å². The number of hydrogen-bond donors (Lipinski definition) is 0. The van der Waals surface area contributed by atoms with Crippen LogP contribution >= 0.6 is 0 Å². The predicted molar refractivity (Wildman–Crippen MR) is 66.6 cm³/mol. The SMILES string of the molecule is O=CC12CC3CC(CC(C3)C1N1CCCC1)C2. The van der Waals surface area contributed by atoms with E-state index in [1.165, 1.54) is 64.3 Å². The Kier molecular flexibility index (Phi) is 2.21. The van der Waals surface area contributed by atoms with Gasteiger partial charge in [-0.25, -0.2) is 0 Å². The molecule has 4 saturated carbocycles. The predicted octanol–water partition coefficient (Wildman–Crippen LogP) is 2.48. The molecule has 0 N–H and O–H groups in total. The average Bonchev–Trinajstić information content (AvgIpc) is 2.81. The number of rotatable bonds is 2. The molecule has 0 aromatic rings. The number of carbonyl (C=O) groups is 1. The van der Waals surface area contributed by atoms with Crippen LogP contribution in [0.5, 0.6) is 0 Å². The van der Waals surface area contributed by atoms with Crippen LogP contribution in [0.25, 0.3) is 0 Å². The minimum absolute atomic E-state index is 0.0685. The van der Waals surface area contributed by atoms with Gasteiger partial charge in [0.2, 0.25) is 0 Å². The van der Waals surface area contributed by atoms with Crippen LogP contribution in [-0.4, -0.2) is 30.3 Å². The first-order valence-electron chi connectivity index (χ1n) is 7.51. The third-order valence-corrected chi connectivity index (χ3v) is 6.08. The molecule has 5 fully saturated rings. The van der Waals surface area contributed by atoms with Crippen molar-refractivity contribution < 1.29 is 4.79 Å². The summed E-state index contributed by atoms with van der Waals surface area (Å²) < 4.78 is 0. The van der Waals surface area contributed by atoms with Crippen LogP contribution in [0.4, 0.5) is 0 Å². The fourth-order valence-electron chi connectivity index (χ4n) is 5.92. The standard InChI is InChI=1S/C15H23NO/c17-10-15-8-11-5-12(9-15)7-13(6-11)14(15)16-3-1-2-4-16/h10-14H,1-9H2. The van der Waals surface area contributed by atoms with Crippen molar-refractivity contribution in [2.75, 3.05) is 13.1 Å². The third kappa shape index (κ3) is 1.39. The van der Waals surface area contributed by atoms with Crippen LogP contribution in [0.15, 0.2) is 0 Å². The van der Waals surface area contributed by atoms with Crippen molar-refractivity contribution in [2.24, 2.45) is 23.2 Å². The van der Waals surface area contributed by atoms with Gasteiger partial charge in [-0.15, -0.1) is 0 Å². The summed E-state index contributed by atoms with van der Waals surface area (Å²) in [4.78, 5) is 14.5. The molecule has 1 heterocycles. The number of likely N-dealkylation sites (tertiary alicyclic amines) is 1. The molecule has 0 spiro atoms. The van der Waals surface area contributed by atoms with Crippen molar-refractivity contribution in [3.05, 3.63) is 0 Å². The second kappa shape index (κ2) is 3.57. The fraction of sp³-hybridized carbons (Fsp3) is 0.933. The summed E-state index contributed by atoms with van der Waals surface area (Å²) in [6, 6.07) is 0.621. The molecule has 5 rings (SSSR count). The summed E-state index contributed by atoms with van der Waals surface area (Å²) in [7, 11) is 0. The first-order valence-corrected chi connectivity index (χ1v) is 7.51. The van der Waals surface area contributed by atoms with Crippen molar-refractivity contribution >= 4 is 6.29 Å². The number of aldehydes is 1. The zero-order chi connectivity index (χ0) is 11.5. The normalized spacial score (nSPS) is 53.2. The molecule has 3 atom stereocenters. The highest BCUT2D eigenvalue weighted by molar-refractivity contribution is 5.62. The van der Waals surface area contributed by atoms with E-state index in [0.29, 0.717) is 6.04 Å². The molecule has 1 aliphatic heterocycles. The van der Waals surface area contributed by atoms with Crippen LogP contribution < -0.4 is 0 Å². The zero-order valence-electron chi connectivity index (χ0n) is 10.6. The van der Waals surface area contributed by atoms with Crippen molar-refractivity contribution in [3.8, 4) is 0 Å². The molecule has 4 aliphatic carbocycles. The van der Waals surface area contributed by atoms with E-state index in [-0.39, 0.29) is 5.41 Å². The van der Waals surface area contributed by atoms with Crippen LogP contribution in [0.1, 0.15) is 44.9 Å². The number of nitrogens with zero attached hydrogens (tertiary/aromatic N) is 1. The first kappa shape index (κ1) is 10.5. The van der Waals surface area contributed by atoms with Gasteiger partial charge in [-0.05, 0) is 75.8 Å². The van der Waals surface area contributed by atoms with Gasteiger partial charge in [0.05, 0.1) is 0 Å². The fourth-order valence-corrected chi connectivity index (χ4v) is 5.92. The highest BCUT2D eigenvalue weighted by Gasteiger charge is 2.58. The van der Waals surface area contributed by atoms with Gasteiger partial charge in [0.25, 0.3) is 0 Å². The van der Waals surface area contributed by atoms with E-state index >= 15 is 0 Å². The molecule has 17 heavy (non-hydrogen) atoms. The van der Waals surface area contributed by atoms with E-state index in [4.69, 9.17) is 0 Å². The second-order valence-electron chi connectivity index (χ2n) is 7.15. The highest BCUT2D eigenvalue weighted by Crippen LogP contribution is 2.60.